The number of aliphatic carboxylic acids is 1. The molecule has 0 amide bonds. The number of hydrogen-bond donors (Lipinski definition) is 1. The van der Waals surface area contributed by atoms with E-state index in [4.69, 9.17) is 5.11 Å². The van der Waals surface area contributed by atoms with Crippen LogP contribution in [-0.2, 0) is 16.0 Å². The predicted molar refractivity (Wildman–Crippen MR) is 73.6 cm³/mol. The van der Waals surface area contributed by atoms with Crippen molar-refractivity contribution < 1.29 is 14.7 Å². The second kappa shape index (κ2) is 7.93. The van der Waals surface area contributed by atoms with Crippen molar-refractivity contribution in [3.05, 3.63) is 35.9 Å². The molecular formula is C14H18O3S. The quantitative estimate of drug-likeness (QED) is 0.824. The lowest BCUT2D eigenvalue weighted by Crippen LogP contribution is -2.06. The van der Waals surface area contributed by atoms with Gasteiger partial charge >= 0.3 is 5.97 Å². The Labute approximate surface area is 112 Å². The number of carboxylic acid groups (broad SMARTS) is 1. The third-order valence-electron chi connectivity index (χ3n) is 2.50. The minimum atomic E-state index is -0.915. The molecule has 0 bridgehead atoms. The highest BCUT2D eigenvalue weighted by Gasteiger charge is 2.09. The van der Waals surface area contributed by atoms with Gasteiger partial charge in [-0.25, -0.2) is 0 Å². The minimum absolute atomic E-state index is 0.0303. The van der Waals surface area contributed by atoms with Crippen LogP contribution < -0.4 is 0 Å². The molecule has 98 valence electrons. The first-order valence-electron chi connectivity index (χ1n) is 5.99. The van der Waals surface area contributed by atoms with Gasteiger partial charge in [-0.3, -0.25) is 9.59 Å². The molecular weight excluding hydrogens is 248 g/mol. The van der Waals surface area contributed by atoms with Crippen molar-refractivity contribution in [3.8, 4) is 0 Å². The summed E-state index contributed by atoms with van der Waals surface area (Å²) in [5, 5.41) is 8.44. The Balaban J connectivity index is 2.22. The number of carboxylic acids is 1. The van der Waals surface area contributed by atoms with Crippen LogP contribution >= 0.6 is 11.8 Å². The van der Waals surface area contributed by atoms with Crippen molar-refractivity contribution >= 4 is 22.8 Å². The van der Waals surface area contributed by atoms with Crippen LogP contribution in [0.15, 0.2) is 30.3 Å². The van der Waals surface area contributed by atoms with Gasteiger partial charge in [0.25, 0.3) is 0 Å². The molecule has 1 atom stereocenters. The second-order valence-electron chi connectivity index (χ2n) is 4.37. The Bertz CT molecular complexity index is 389. The summed E-state index contributed by atoms with van der Waals surface area (Å²) in [4.78, 5) is 21.7. The fraction of sp³-hybridized carbons (Fsp3) is 0.429. The average molecular weight is 266 g/mol. The van der Waals surface area contributed by atoms with Gasteiger partial charge < -0.3 is 5.11 Å². The maximum Gasteiger partial charge on any atom is 0.303 e. The molecule has 1 N–H and O–H groups in total. The number of carbonyl (C=O) groups is 2. The number of thioether (sulfide) groups is 1. The van der Waals surface area contributed by atoms with E-state index in [0.29, 0.717) is 5.92 Å². The lowest BCUT2D eigenvalue weighted by Gasteiger charge is -2.10. The first kappa shape index (κ1) is 14.8. The van der Waals surface area contributed by atoms with Crippen molar-refractivity contribution in [1.29, 1.82) is 0 Å². The highest BCUT2D eigenvalue weighted by atomic mass is 32.2. The Morgan fingerprint density at radius 1 is 1.22 bits per heavy atom. The molecule has 0 fully saturated rings. The van der Waals surface area contributed by atoms with Gasteiger partial charge in [0, 0.05) is 12.2 Å². The number of rotatable bonds is 7. The Morgan fingerprint density at radius 3 is 2.50 bits per heavy atom. The highest BCUT2D eigenvalue weighted by molar-refractivity contribution is 8.13. The zero-order valence-corrected chi connectivity index (χ0v) is 11.3. The highest BCUT2D eigenvalue weighted by Crippen LogP contribution is 2.16. The topological polar surface area (TPSA) is 54.4 Å². The van der Waals surface area contributed by atoms with Crippen LogP contribution in [-0.4, -0.2) is 21.9 Å². The standard InChI is InChI=1S/C14H18O3S/c1-11(9-12-5-3-2-4-6-12)10-18-14(17)8-7-13(15)16/h2-6,11H,7-10H2,1H3,(H,15,16)/t11-/m0/s1. The van der Waals surface area contributed by atoms with Crippen LogP contribution in [0, 0.1) is 5.92 Å². The molecule has 3 nitrogen and oxygen atoms in total. The zero-order chi connectivity index (χ0) is 13.4. The van der Waals surface area contributed by atoms with Crippen molar-refractivity contribution in [2.24, 2.45) is 5.92 Å². The monoisotopic (exact) mass is 266 g/mol. The summed E-state index contributed by atoms with van der Waals surface area (Å²) in [6.45, 7) is 2.10. The molecule has 0 saturated carbocycles. The molecule has 0 aromatic heterocycles. The van der Waals surface area contributed by atoms with Crippen molar-refractivity contribution in [1.82, 2.24) is 0 Å². The summed E-state index contributed by atoms with van der Waals surface area (Å²) in [6.07, 6.45) is 0.997. The summed E-state index contributed by atoms with van der Waals surface area (Å²) in [5.74, 6) is 0.236. The van der Waals surface area contributed by atoms with E-state index >= 15 is 0 Å². The van der Waals surface area contributed by atoms with Gasteiger partial charge in [0.1, 0.15) is 0 Å². The summed E-state index contributed by atoms with van der Waals surface area (Å²) in [6, 6.07) is 10.2. The molecule has 0 aliphatic carbocycles. The molecule has 0 heterocycles. The summed E-state index contributed by atoms with van der Waals surface area (Å²) >= 11 is 1.24. The van der Waals surface area contributed by atoms with E-state index in [1.165, 1.54) is 17.3 Å². The molecule has 1 aromatic carbocycles. The van der Waals surface area contributed by atoms with E-state index in [9.17, 15) is 9.59 Å². The largest absolute Gasteiger partial charge is 0.481 e. The average Bonchev–Trinajstić information content (AvgIpc) is 2.35. The summed E-state index contributed by atoms with van der Waals surface area (Å²) < 4.78 is 0. The van der Waals surface area contributed by atoms with Gasteiger partial charge in [-0.15, -0.1) is 0 Å². The van der Waals surface area contributed by atoms with Crippen LogP contribution in [0.4, 0.5) is 0 Å². The van der Waals surface area contributed by atoms with Crippen LogP contribution in [0.25, 0.3) is 0 Å². The van der Waals surface area contributed by atoms with Crippen molar-refractivity contribution in [3.63, 3.8) is 0 Å². The van der Waals surface area contributed by atoms with E-state index in [-0.39, 0.29) is 18.0 Å². The fourth-order valence-electron chi connectivity index (χ4n) is 1.59. The first-order chi connectivity index (χ1) is 8.58. The van der Waals surface area contributed by atoms with Gasteiger partial charge in [-0.2, -0.15) is 0 Å². The number of benzene rings is 1. The van der Waals surface area contributed by atoms with Crippen molar-refractivity contribution in [2.75, 3.05) is 5.75 Å². The molecule has 4 heteroatoms. The normalized spacial score (nSPS) is 12.1. The van der Waals surface area contributed by atoms with Gasteiger partial charge in [0.05, 0.1) is 6.42 Å². The Morgan fingerprint density at radius 2 is 1.89 bits per heavy atom. The third-order valence-corrected chi connectivity index (χ3v) is 3.76. The molecule has 0 radical (unpaired) electrons. The van der Waals surface area contributed by atoms with Gasteiger partial charge in [-0.1, -0.05) is 49.0 Å². The van der Waals surface area contributed by atoms with Crippen molar-refractivity contribution in [2.45, 2.75) is 26.2 Å². The van der Waals surface area contributed by atoms with E-state index in [2.05, 4.69) is 19.1 Å². The van der Waals surface area contributed by atoms with E-state index < -0.39 is 5.97 Å². The lowest BCUT2D eigenvalue weighted by atomic mass is 10.0. The van der Waals surface area contributed by atoms with Crippen LogP contribution in [0.3, 0.4) is 0 Å². The zero-order valence-electron chi connectivity index (χ0n) is 10.5. The molecule has 0 unspecified atom stereocenters. The molecule has 1 aromatic rings. The van der Waals surface area contributed by atoms with E-state index in [1.807, 2.05) is 18.2 Å². The Kier molecular flexibility index (Phi) is 6.50. The SMILES string of the molecule is C[C@H](CSC(=O)CCC(=O)O)Cc1ccccc1. The van der Waals surface area contributed by atoms with Gasteiger partial charge in [0.2, 0.25) is 0 Å². The Hall–Kier alpha value is -1.29. The molecule has 0 aliphatic rings. The number of hydrogen-bond acceptors (Lipinski definition) is 3. The third kappa shape index (κ3) is 6.45. The lowest BCUT2D eigenvalue weighted by molar-refractivity contribution is -0.137. The molecule has 1 rings (SSSR count). The van der Waals surface area contributed by atoms with Gasteiger partial charge in [0.15, 0.2) is 5.12 Å². The molecule has 0 aliphatic heterocycles. The molecule has 18 heavy (non-hydrogen) atoms. The fourth-order valence-corrected chi connectivity index (χ4v) is 2.43. The molecule has 0 spiro atoms. The van der Waals surface area contributed by atoms with E-state index in [0.717, 1.165) is 12.2 Å². The smallest absolute Gasteiger partial charge is 0.303 e. The van der Waals surface area contributed by atoms with Crippen LogP contribution in [0.5, 0.6) is 0 Å². The maximum absolute atomic E-state index is 11.4. The van der Waals surface area contributed by atoms with Crippen LogP contribution in [0.2, 0.25) is 0 Å². The predicted octanol–water partition coefficient (Wildman–Crippen LogP) is 2.99. The van der Waals surface area contributed by atoms with Gasteiger partial charge in [-0.05, 0) is 17.9 Å². The summed E-state index contributed by atoms with van der Waals surface area (Å²) in [7, 11) is 0. The maximum atomic E-state index is 11.4. The second-order valence-corrected chi connectivity index (χ2v) is 5.45. The first-order valence-corrected chi connectivity index (χ1v) is 6.98. The van der Waals surface area contributed by atoms with Crippen LogP contribution in [0.1, 0.15) is 25.3 Å². The number of carbonyl (C=O) groups excluding carboxylic acids is 1. The summed E-state index contributed by atoms with van der Waals surface area (Å²) in [5.41, 5.74) is 1.27. The van der Waals surface area contributed by atoms with E-state index in [1.54, 1.807) is 0 Å². The molecule has 0 saturated heterocycles. The minimum Gasteiger partial charge on any atom is -0.481 e.